The van der Waals surface area contributed by atoms with Crippen LogP contribution in [0.25, 0.3) is 0 Å². The van der Waals surface area contributed by atoms with E-state index >= 15 is 0 Å². The van der Waals surface area contributed by atoms with E-state index < -0.39 is 0 Å². The van der Waals surface area contributed by atoms with E-state index in [0.29, 0.717) is 11.8 Å². The lowest BCUT2D eigenvalue weighted by Crippen LogP contribution is -2.47. The number of methoxy groups -OCH3 is 2. The van der Waals surface area contributed by atoms with Gasteiger partial charge in [-0.1, -0.05) is 47.6 Å². The molecule has 0 N–H and O–H groups in total. The van der Waals surface area contributed by atoms with Gasteiger partial charge in [0.1, 0.15) is 0 Å². The molecule has 2 rings (SSSR count). The fraction of sp³-hybridized carbons (Fsp3) is 0.700. The van der Waals surface area contributed by atoms with Crippen molar-refractivity contribution in [2.75, 3.05) is 14.2 Å². The van der Waals surface area contributed by atoms with Gasteiger partial charge in [0.2, 0.25) is 0 Å². The molecular formula is C20H32O2. The van der Waals surface area contributed by atoms with Crippen LogP contribution in [-0.2, 0) is 20.3 Å². The summed E-state index contributed by atoms with van der Waals surface area (Å²) in [6, 6.07) is 4.69. The molecule has 2 unspecified atom stereocenters. The number of aryl methyl sites for hydroxylation is 1. The zero-order valence-corrected chi connectivity index (χ0v) is 15.7. The van der Waals surface area contributed by atoms with Gasteiger partial charge < -0.3 is 9.47 Å². The minimum absolute atomic E-state index is 0.152. The number of hydrogen-bond acceptors (Lipinski definition) is 2. The lowest BCUT2D eigenvalue weighted by molar-refractivity contribution is -0.106. The first kappa shape index (κ1) is 17.5. The second kappa shape index (κ2) is 5.65. The van der Waals surface area contributed by atoms with Gasteiger partial charge in [-0.25, -0.2) is 0 Å². The highest BCUT2D eigenvalue weighted by Gasteiger charge is 2.47. The average molecular weight is 304 g/mol. The molecule has 0 radical (unpaired) electrons. The van der Waals surface area contributed by atoms with Crippen molar-refractivity contribution in [3.8, 4) is 0 Å². The maximum Gasteiger partial charge on any atom is 0.183 e. The van der Waals surface area contributed by atoms with Crippen molar-refractivity contribution >= 4 is 0 Å². The minimum Gasteiger partial charge on any atom is -0.352 e. The Bertz CT molecular complexity index is 553. The smallest absolute Gasteiger partial charge is 0.183 e. The van der Waals surface area contributed by atoms with Gasteiger partial charge in [0, 0.05) is 19.8 Å². The predicted octanol–water partition coefficient (Wildman–Crippen LogP) is 5.13. The first-order valence-corrected chi connectivity index (χ1v) is 8.30. The molecule has 1 aliphatic carbocycles. The fourth-order valence-corrected chi connectivity index (χ4v) is 4.14. The molecule has 0 aromatic heterocycles. The largest absolute Gasteiger partial charge is 0.352 e. The van der Waals surface area contributed by atoms with Crippen molar-refractivity contribution in [2.45, 2.75) is 65.6 Å². The van der Waals surface area contributed by atoms with Gasteiger partial charge in [-0.3, -0.25) is 0 Å². The molecule has 1 aromatic rings. The second-order valence-electron chi connectivity index (χ2n) is 8.08. The highest BCUT2D eigenvalue weighted by Crippen LogP contribution is 2.53. The van der Waals surface area contributed by atoms with Crippen molar-refractivity contribution in [3.63, 3.8) is 0 Å². The maximum atomic E-state index is 5.50. The predicted molar refractivity (Wildman–Crippen MR) is 92.3 cm³/mol. The van der Waals surface area contributed by atoms with Gasteiger partial charge >= 0.3 is 0 Å². The number of fused-ring (bicyclic) bond motifs is 1. The SMILES string of the molecule is COC(OC)c1cc2c(cc1C)C(C)(C)C(C)C(C)C2(C)C. The molecule has 0 saturated carbocycles. The second-order valence-corrected chi connectivity index (χ2v) is 8.08. The summed E-state index contributed by atoms with van der Waals surface area (Å²) in [5.41, 5.74) is 5.66. The third-order valence-electron chi connectivity index (χ3n) is 6.50. The number of hydrogen-bond donors (Lipinski definition) is 0. The van der Waals surface area contributed by atoms with Crippen molar-refractivity contribution in [2.24, 2.45) is 11.8 Å². The monoisotopic (exact) mass is 304 g/mol. The average Bonchev–Trinajstić information content (AvgIpc) is 2.46. The molecule has 1 aliphatic rings. The molecule has 1 aromatic carbocycles. The molecule has 0 amide bonds. The number of ether oxygens (including phenoxy) is 2. The van der Waals surface area contributed by atoms with Crippen LogP contribution in [0.4, 0.5) is 0 Å². The molecule has 0 bridgehead atoms. The van der Waals surface area contributed by atoms with Crippen LogP contribution in [0.15, 0.2) is 12.1 Å². The number of benzene rings is 1. The molecule has 0 aliphatic heterocycles. The molecule has 0 spiro atoms. The Labute approximate surface area is 136 Å². The van der Waals surface area contributed by atoms with Gasteiger partial charge in [-0.15, -0.1) is 0 Å². The Hall–Kier alpha value is -0.860. The van der Waals surface area contributed by atoms with Gasteiger partial charge in [0.15, 0.2) is 6.29 Å². The maximum absolute atomic E-state index is 5.50. The lowest BCUT2D eigenvalue weighted by Gasteiger charge is -2.51. The molecule has 124 valence electrons. The Morgan fingerprint density at radius 1 is 0.864 bits per heavy atom. The van der Waals surface area contributed by atoms with Gasteiger partial charge in [-0.05, 0) is 52.3 Å². The molecule has 0 fully saturated rings. The summed E-state index contributed by atoms with van der Waals surface area (Å²) in [6.45, 7) is 16.4. The van der Waals surface area contributed by atoms with Crippen LogP contribution in [0.3, 0.4) is 0 Å². The molecule has 22 heavy (non-hydrogen) atoms. The minimum atomic E-state index is -0.293. The summed E-state index contributed by atoms with van der Waals surface area (Å²) in [5, 5.41) is 0. The fourth-order valence-electron chi connectivity index (χ4n) is 4.14. The van der Waals surface area contributed by atoms with E-state index in [4.69, 9.17) is 9.47 Å². The highest BCUT2D eigenvalue weighted by molar-refractivity contribution is 5.48. The summed E-state index contributed by atoms with van der Waals surface area (Å²) in [7, 11) is 3.40. The summed E-state index contributed by atoms with van der Waals surface area (Å²) in [5.74, 6) is 1.26. The summed E-state index contributed by atoms with van der Waals surface area (Å²) >= 11 is 0. The van der Waals surface area contributed by atoms with E-state index in [1.54, 1.807) is 14.2 Å². The first-order valence-electron chi connectivity index (χ1n) is 8.30. The van der Waals surface area contributed by atoms with E-state index in [0.717, 1.165) is 5.56 Å². The van der Waals surface area contributed by atoms with Crippen LogP contribution in [-0.4, -0.2) is 14.2 Å². The summed E-state index contributed by atoms with van der Waals surface area (Å²) in [4.78, 5) is 0. The van der Waals surface area contributed by atoms with Crippen LogP contribution in [0.2, 0.25) is 0 Å². The Morgan fingerprint density at radius 2 is 1.27 bits per heavy atom. The molecular weight excluding hydrogens is 272 g/mol. The Morgan fingerprint density at radius 3 is 1.68 bits per heavy atom. The standard InChI is InChI=1S/C20H32O2/c1-12-10-16-17(11-15(12)18(21-8)22-9)20(6,7)14(3)13(2)19(16,4)5/h10-11,13-14,18H,1-9H3. The first-order chi connectivity index (χ1) is 10.1. The van der Waals surface area contributed by atoms with Crippen LogP contribution in [0, 0.1) is 18.8 Å². The molecule has 0 heterocycles. The van der Waals surface area contributed by atoms with Crippen LogP contribution in [0.5, 0.6) is 0 Å². The molecule has 2 atom stereocenters. The van der Waals surface area contributed by atoms with Crippen molar-refractivity contribution < 1.29 is 9.47 Å². The molecule has 2 heteroatoms. The van der Waals surface area contributed by atoms with E-state index in [2.05, 4.69) is 60.6 Å². The van der Waals surface area contributed by atoms with E-state index in [1.165, 1.54) is 16.7 Å². The quantitative estimate of drug-likeness (QED) is 0.721. The highest BCUT2D eigenvalue weighted by atomic mass is 16.7. The number of rotatable bonds is 3. The summed E-state index contributed by atoms with van der Waals surface area (Å²) in [6.07, 6.45) is -0.293. The van der Waals surface area contributed by atoms with Crippen molar-refractivity contribution in [3.05, 3.63) is 34.4 Å². The zero-order chi connectivity index (χ0) is 16.9. The van der Waals surface area contributed by atoms with E-state index in [-0.39, 0.29) is 17.1 Å². The third kappa shape index (κ3) is 2.41. The lowest BCUT2D eigenvalue weighted by atomic mass is 9.53. The summed E-state index contributed by atoms with van der Waals surface area (Å²) < 4.78 is 11.0. The van der Waals surface area contributed by atoms with Crippen LogP contribution >= 0.6 is 0 Å². The van der Waals surface area contributed by atoms with E-state index in [9.17, 15) is 0 Å². The van der Waals surface area contributed by atoms with Crippen LogP contribution < -0.4 is 0 Å². The zero-order valence-electron chi connectivity index (χ0n) is 15.7. The third-order valence-corrected chi connectivity index (χ3v) is 6.50. The normalized spacial score (nSPS) is 26.1. The molecule has 2 nitrogen and oxygen atoms in total. The van der Waals surface area contributed by atoms with Gasteiger partial charge in [0.05, 0.1) is 0 Å². The van der Waals surface area contributed by atoms with E-state index in [1.807, 2.05) is 0 Å². The van der Waals surface area contributed by atoms with Gasteiger partial charge in [0.25, 0.3) is 0 Å². The Balaban J connectivity index is 2.72. The van der Waals surface area contributed by atoms with Crippen molar-refractivity contribution in [1.29, 1.82) is 0 Å². The van der Waals surface area contributed by atoms with Gasteiger partial charge in [-0.2, -0.15) is 0 Å². The Kier molecular flexibility index (Phi) is 4.49. The molecule has 0 saturated heterocycles. The topological polar surface area (TPSA) is 18.5 Å². The van der Waals surface area contributed by atoms with Crippen LogP contribution in [0.1, 0.15) is 70.1 Å². The van der Waals surface area contributed by atoms with Crippen molar-refractivity contribution in [1.82, 2.24) is 0 Å².